The highest BCUT2D eigenvalue weighted by Crippen LogP contribution is 2.35. The molecule has 0 saturated carbocycles. The maximum Gasteiger partial charge on any atom is 0.323 e. The number of amidine groups is 1. The largest absolute Gasteiger partial charge is 0.497 e. The zero-order valence-electron chi connectivity index (χ0n) is 11.5. The molecule has 6 nitrogen and oxygen atoms in total. The van der Waals surface area contributed by atoms with Crippen LogP contribution in [-0.4, -0.2) is 37.5 Å². The number of benzene rings is 1. The van der Waals surface area contributed by atoms with E-state index < -0.39 is 6.04 Å². The van der Waals surface area contributed by atoms with Crippen LogP contribution in [0.4, 0.5) is 4.79 Å². The quantitative estimate of drug-likeness (QED) is 0.806. The van der Waals surface area contributed by atoms with Crippen molar-refractivity contribution in [2.45, 2.75) is 6.04 Å². The van der Waals surface area contributed by atoms with Crippen molar-refractivity contribution in [2.24, 2.45) is 0 Å². The molecule has 6 heteroatoms. The summed E-state index contributed by atoms with van der Waals surface area (Å²) in [6.45, 7) is 3.99. The van der Waals surface area contributed by atoms with Crippen molar-refractivity contribution in [3.63, 3.8) is 0 Å². The fourth-order valence-electron chi connectivity index (χ4n) is 2.22. The lowest BCUT2D eigenvalue weighted by atomic mass is 10.0. The third kappa shape index (κ3) is 2.32. The normalized spacial score (nSPS) is 17.9. The highest BCUT2D eigenvalue weighted by atomic mass is 16.5. The number of carbonyl (C=O) groups excluding carboxylic acids is 1. The number of amides is 2. The first-order valence-electron chi connectivity index (χ1n) is 6.11. The molecule has 1 aliphatic heterocycles. The lowest BCUT2D eigenvalue weighted by molar-refractivity contribution is 0.211. The van der Waals surface area contributed by atoms with Crippen LogP contribution in [0.15, 0.2) is 30.9 Å². The molecule has 2 rings (SSSR count). The van der Waals surface area contributed by atoms with E-state index in [1.54, 1.807) is 38.5 Å². The average Bonchev–Trinajstić information content (AvgIpc) is 2.73. The van der Waals surface area contributed by atoms with E-state index >= 15 is 0 Å². The predicted octanol–water partition coefficient (Wildman–Crippen LogP) is 1.93. The second-order valence-electron chi connectivity index (χ2n) is 4.30. The first-order valence-corrected chi connectivity index (χ1v) is 6.11. The van der Waals surface area contributed by atoms with E-state index in [-0.39, 0.29) is 11.9 Å². The van der Waals surface area contributed by atoms with Gasteiger partial charge in [-0.15, -0.1) is 6.58 Å². The van der Waals surface area contributed by atoms with Gasteiger partial charge in [0.1, 0.15) is 23.4 Å². The zero-order valence-corrected chi connectivity index (χ0v) is 11.5. The van der Waals surface area contributed by atoms with Crippen molar-refractivity contribution < 1.29 is 14.3 Å². The summed E-state index contributed by atoms with van der Waals surface area (Å²) in [6.07, 6.45) is 1.63. The molecule has 1 aliphatic rings. The van der Waals surface area contributed by atoms with Gasteiger partial charge in [0, 0.05) is 18.2 Å². The van der Waals surface area contributed by atoms with Crippen molar-refractivity contribution in [1.82, 2.24) is 10.2 Å². The van der Waals surface area contributed by atoms with E-state index in [9.17, 15) is 4.79 Å². The summed E-state index contributed by atoms with van der Waals surface area (Å²) in [7, 11) is 3.12. The molecule has 2 amide bonds. The van der Waals surface area contributed by atoms with Crippen LogP contribution in [0.1, 0.15) is 11.6 Å². The highest BCUT2D eigenvalue weighted by Gasteiger charge is 2.37. The van der Waals surface area contributed by atoms with Gasteiger partial charge in [-0.3, -0.25) is 10.7 Å². The lowest BCUT2D eigenvalue weighted by Gasteiger charge is -2.23. The first-order chi connectivity index (χ1) is 9.62. The molecule has 106 valence electrons. The second-order valence-corrected chi connectivity index (χ2v) is 4.30. The fourth-order valence-corrected chi connectivity index (χ4v) is 2.22. The van der Waals surface area contributed by atoms with E-state index in [0.717, 1.165) is 5.56 Å². The molecule has 1 heterocycles. The number of hydrogen-bond donors (Lipinski definition) is 2. The van der Waals surface area contributed by atoms with Gasteiger partial charge >= 0.3 is 6.03 Å². The minimum absolute atomic E-state index is 0.125. The molecule has 0 radical (unpaired) electrons. The molecule has 1 unspecified atom stereocenters. The summed E-state index contributed by atoms with van der Waals surface area (Å²) in [5.74, 6) is 1.36. The Morgan fingerprint density at radius 2 is 2.20 bits per heavy atom. The third-order valence-electron chi connectivity index (χ3n) is 3.15. The van der Waals surface area contributed by atoms with Crippen LogP contribution in [-0.2, 0) is 0 Å². The summed E-state index contributed by atoms with van der Waals surface area (Å²) in [6, 6.07) is 4.50. The third-order valence-corrected chi connectivity index (χ3v) is 3.15. The van der Waals surface area contributed by atoms with Gasteiger partial charge in [0.25, 0.3) is 0 Å². The van der Waals surface area contributed by atoms with Crippen molar-refractivity contribution in [3.8, 4) is 11.5 Å². The molecule has 1 fully saturated rings. The Hall–Kier alpha value is -2.50. The number of nitrogens with zero attached hydrogens (tertiary/aromatic N) is 1. The molecule has 0 aliphatic carbocycles. The SMILES string of the molecule is C=CCN1C(=O)NC(=N)C1c1ccc(OC)cc1OC. The maximum absolute atomic E-state index is 11.8. The van der Waals surface area contributed by atoms with Crippen molar-refractivity contribution in [3.05, 3.63) is 36.4 Å². The Kier molecular flexibility index (Phi) is 3.93. The molecule has 2 N–H and O–H groups in total. The lowest BCUT2D eigenvalue weighted by Crippen LogP contribution is -2.30. The van der Waals surface area contributed by atoms with Crippen molar-refractivity contribution in [1.29, 1.82) is 5.41 Å². The zero-order chi connectivity index (χ0) is 14.7. The van der Waals surface area contributed by atoms with Gasteiger partial charge in [0.15, 0.2) is 0 Å². The summed E-state index contributed by atoms with van der Waals surface area (Å²) < 4.78 is 10.5. The number of rotatable bonds is 5. The van der Waals surface area contributed by atoms with Crippen LogP contribution in [0, 0.1) is 5.41 Å². The minimum atomic E-state index is -0.499. The van der Waals surface area contributed by atoms with Crippen LogP contribution in [0.5, 0.6) is 11.5 Å². The Morgan fingerprint density at radius 1 is 1.45 bits per heavy atom. The summed E-state index contributed by atoms with van der Waals surface area (Å²) in [5.41, 5.74) is 0.735. The molecule has 1 atom stereocenters. The number of hydrogen-bond acceptors (Lipinski definition) is 4. The van der Waals surface area contributed by atoms with Gasteiger partial charge in [0.05, 0.1) is 14.2 Å². The molecule has 0 spiro atoms. The maximum atomic E-state index is 11.8. The van der Waals surface area contributed by atoms with Gasteiger partial charge < -0.3 is 14.4 Å². The van der Waals surface area contributed by atoms with Crippen LogP contribution >= 0.6 is 0 Å². The van der Waals surface area contributed by atoms with Crippen LogP contribution in [0.2, 0.25) is 0 Å². The van der Waals surface area contributed by atoms with Crippen LogP contribution in [0.3, 0.4) is 0 Å². The molecule has 20 heavy (non-hydrogen) atoms. The summed E-state index contributed by atoms with van der Waals surface area (Å²) >= 11 is 0. The van der Waals surface area contributed by atoms with Gasteiger partial charge in [0.2, 0.25) is 0 Å². The minimum Gasteiger partial charge on any atom is -0.497 e. The standard InChI is InChI=1S/C14H17N3O3/c1-4-7-17-12(13(15)16-14(17)18)10-6-5-9(19-2)8-11(10)20-3/h4-6,8,12H,1,7H2,2-3H3,(H2,15,16,18). The van der Waals surface area contributed by atoms with Crippen molar-refractivity contribution >= 4 is 11.9 Å². The Bertz CT molecular complexity index is 557. The van der Waals surface area contributed by atoms with E-state index in [1.807, 2.05) is 0 Å². The first kappa shape index (κ1) is 13.9. The number of urea groups is 1. The van der Waals surface area contributed by atoms with Crippen LogP contribution < -0.4 is 14.8 Å². The van der Waals surface area contributed by atoms with Gasteiger partial charge in [-0.25, -0.2) is 4.79 Å². The Morgan fingerprint density at radius 3 is 2.80 bits per heavy atom. The molecule has 0 aromatic heterocycles. The van der Waals surface area contributed by atoms with Crippen LogP contribution in [0.25, 0.3) is 0 Å². The fraction of sp³-hybridized carbons (Fsp3) is 0.286. The van der Waals surface area contributed by atoms with Gasteiger partial charge in [-0.1, -0.05) is 6.08 Å². The second kappa shape index (κ2) is 5.64. The van der Waals surface area contributed by atoms with Gasteiger partial charge in [-0.05, 0) is 12.1 Å². The monoisotopic (exact) mass is 275 g/mol. The molecule has 1 aromatic rings. The van der Waals surface area contributed by atoms with E-state index in [2.05, 4.69) is 11.9 Å². The Balaban J connectivity index is 2.45. The summed E-state index contributed by atoms with van der Waals surface area (Å²) in [4.78, 5) is 13.4. The number of methoxy groups -OCH3 is 2. The number of carbonyl (C=O) groups is 1. The van der Waals surface area contributed by atoms with Crippen molar-refractivity contribution in [2.75, 3.05) is 20.8 Å². The summed E-state index contributed by atoms with van der Waals surface area (Å²) in [5, 5.41) is 10.5. The van der Waals surface area contributed by atoms with E-state index in [0.29, 0.717) is 18.0 Å². The number of nitrogens with one attached hydrogen (secondary N) is 2. The molecular formula is C14H17N3O3. The Labute approximate surface area is 117 Å². The number of ether oxygens (including phenoxy) is 2. The smallest absolute Gasteiger partial charge is 0.323 e. The molecule has 1 saturated heterocycles. The molecular weight excluding hydrogens is 258 g/mol. The molecule has 1 aromatic carbocycles. The topological polar surface area (TPSA) is 74.7 Å². The van der Waals surface area contributed by atoms with Gasteiger partial charge in [-0.2, -0.15) is 0 Å². The highest BCUT2D eigenvalue weighted by molar-refractivity contribution is 6.06. The molecule has 0 bridgehead atoms. The van der Waals surface area contributed by atoms with E-state index in [4.69, 9.17) is 14.9 Å². The van der Waals surface area contributed by atoms with E-state index in [1.165, 1.54) is 4.90 Å². The average molecular weight is 275 g/mol. The predicted molar refractivity (Wildman–Crippen MR) is 75.4 cm³/mol.